The first-order chi connectivity index (χ1) is 7.04. The Balaban J connectivity index is 2.72. The summed E-state index contributed by atoms with van der Waals surface area (Å²) in [6.45, 7) is 3.06. The van der Waals surface area contributed by atoms with Gasteiger partial charge < -0.3 is 0 Å². The van der Waals surface area contributed by atoms with Gasteiger partial charge in [0.25, 0.3) is 0 Å². The predicted octanol–water partition coefficient (Wildman–Crippen LogP) is 4.32. The van der Waals surface area contributed by atoms with Crippen LogP contribution in [0.3, 0.4) is 0 Å². The number of nitrogens with zero attached hydrogens (tertiary/aromatic N) is 1. The topological polar surface area (TPSA) is 3.24 Å². The van der Waals surface area contributed by atoms with E-state index in [1.807, 2.05) is 12.1 Å². The maximum absolute atomic E-state index is 6.15. The van der Waals surface area contributed by atoms with Crippen LogP contribution in [-0.2, 0) is 6.54 Å². The van der Waals surface area contributed by atoms with E-state index in [0.29, 0.717) is 6.04 Å². The van der Waals surface area contributed by atoms with Crippen molar-refractivity contribution in [1.29, 1.82) is 0 Å². The van der Waals surface area contributed by atoms with Gasteiger partial charge in [0.15, 0.2) is 0 Å². The number of hydrogen-bond donors (Lipinski definition) is 0. The highest BCUT2D eigenvalue weighted by molar-refractivity contribution is 9.10. The first-order valence-corrected chi connectivity index (χ1v) is 7.04. The van der Waals surface area contributed by atoms with Gasteiger partial charge in [0.05, 0.1) is 0 Å². The zero-order valence-electron chi connectivity index (χ0n) is 8.80. The zero-order valence-corrected chi connectivity index (χ0v) is 12.7. The lowest BCUT2D eigenvalue weighted by Crippen LogP contribution is -2.29. The lowest BCUT2D eigenvalue weighted by Gasteiger charge is -2.23. The van der Waals surface area contributed by atoms with Gasteiger partial charge in [0.1, 0.15) is 0 Å². The molecule has 0 N–H and O–H groups in total. The van der Waals surface area contributed by atoms with Gasteiger partial charge in [-0.3, -0.25) is 4.90 Å². The van der Waals surface area contributed by atoms with E-state index in [2.05, 4.69) is 56.8 Å². The highest BCUT2D eigenvalue weighted by atomic mass is 79.9. The van der Waals surface area contributed by atoms with Crippen LogP contribution >= 0.6 is 43.5 Å². The molecule has 0 spiro atoms. The summed E-state index contributed by atoms with van der Waals surface area (Å²) in [6.07, 6.45) is 0. The number of rotatable bonds is 4. The van der Waals surface area contributed by atoms with Crippen LogP contribution in [-0.4, -0.2) is 23.3 Å². The monoisotopic (exact) mass is 353 g/mol. The molecule has 0 radical (unpaired) electrons. The smallest absolute Gasteiger partial charge is 0.0462 e. The van der Waals surface area contributed by atoms with Gasteiger partial charge in [0.2, 0.25) is 0 Å². The van der Waals surface area contributed by atoms with Gasteiger partial charge in [-0.05, 0) is 31.7 Å². The minimum Gasteiger partial charge on any atom is -0.299 e. The molecular formula is C11H14Br2ClN. The maximum Gasteiger partial charge on any atom is 0.0462 e. The van der Waals surface area contributed by atoms with Crippen LogP contribution < -0.4 is 0 Å². The van der Waals surface area contributed by atoms with Crippen molar-refractivity contribution in [3.63, 3.8) is 0 Å². The normalized spacial score (nSPS) is 13.2. The van der Waals surface area contributed by atoms with Crippen molar-refractivity contribution in [3.05, 3.63) is 33.3 Å². The van der Waals surface area contributed by atoms with Crippen LogP contribution in [0.2, 0.25) is 5.02 Å². The number of halogens is 3. The summed E-state index contributed by atoms with van der Waals surface area (Å²) in [7, 11) is 2.10. The molecule has 0 aliphatic heterocycles. The second-order valence-corrected chi connectivity index (χ2v) is 5.62. The molecule has 1 aromatic rings. The SMILES string of the molecule is CC(CBr)N(C)Cc1ccc(Br)cc1Cl. The molecule has 4 heteroatoms. The molecular weight excluding hydrogens is 341 g/mol. The van der Waals surface area contributed by atoms with Crippen molar-refractivity contribution in [2.45, 2.75) is 19.5 Å². The molecule has 0 bridgehead atoms. The van der Waals surface area contributed by atoms with Gasteiger partial charge in [-0.15, -0.1) is 0 Å². The van der Waals surface area contributed by atoms with E-state index in [1.165, 1.54) is 0 Å². The van der Waals surface area contributed by atoms with Gasteiger partial charge in [-0.25, -0.2) is 0 Å². The van der Waals surface area contributed by atoms with Gasteiger partial charge in [-0.2, -0.15) is 0 Å². The molecule has 0 aromatic heterocycles. The third kappa shape index (κ3) is 4.06. The summed E-state index contributed by atoms with van der Waals surface area (Å²) in [4.78, 5) is 2.27. The summed E-state index contributed by atoms with van der Waals surface area (Å²) in [6, 6.07) is 6.52. The Morgan fingerprint density at radius 2 is 2.13 bits per heavy atom. The summed E-state index contributed by atoms with van der Waals surface area (Å²) in [5, 5.41) is 1.79. The Bertz CT molecular complexity index is 330. The molecule has 1 atom stereocenters. The summed E-state index contributed by atoms with van der Waals surface area (Å²) < 4.78 is 1.02. The molecule has 1 nitrogen and oxygen atoms in total. The van der Waals surface area contributed by atoms with E-state index in [0.717, 1.165) is 26.9 Å². The zero-order chi connectivity index (χ0) is 11.4. The van der Waals surface area contributed by atoms with Crippen molar-refractivity contribution in [1.82, 2.24) is 4.90 Å². The van der Waals surface area contributed by atoms with E-state index >= 15 is 0 Å². The van der Waals surface area contributed by atoms with Crippen LogP contribution in [0.25, 0.3) is 0 Å². The molecule has 0 heterocycles. The van der Waals surface area contributed by atoms with E-state index in [1.54, 1.807) is 0 Å². The third-order valence-corrected chi connectivity index (χ3v) is 4.19. The average molecular weight is 356 g/mol. The first kappa shape index (κ1) is 13.5. The Morgan fingerprint density at radius 1 is 1.47 bits per heavy atom. The largest absolute Gasteiger partial charge is 0.299 e. The fourth-order valence-corrected chi connectivity index (χ4v) is 2.42. The fourth-order valence-electron chi connectivity index (χ4n) is 1.19. The number of hydrogen-bond acceptors (Lipinski definition) is 1. The number of alkyl halides is 1. The van der Waals surface area contributed by atoms with Gasteiger partial charge in [0, 0.05) is 27.4 Å². The number of benzene rings is 1. The van der Waals surface area contributed by atoms with Crippen LogP contribution in [0.4, 0.5) is 0 Å². The highest BCUT2D eigenvalue weighted by Gasteiger charge is 2.10. The van der Waals surface area contributed by atoms with E-state index in [-0.39, 0.29) is 0 Å². The molecule has 1 rings (SSSR count). The standard InChI is InChI=1S/C11H14Br2ClN/c1-8(6-12)15(2)7-9-3-4-10(13)5-11(9)14/h3-5,8H,6-7H2,1-2H3. The third-order valence-electron chi connectivity index (χ3n) is 2.41. The van der Waals surface area contributed by atoms with E-state index < -0.39 is 0 Å². The molecule has 84 valence electrons. The molecule has 0 saturated heterocycles. The molecule has 0 aliphatic rings. The molecule has 1 aromatic carbocycles. The Labute approximate surface area is 113 Å². The fraction of sp³-hybridized carbons (Fsp3) is 0.455. The minimum atomic E-state index is 0.504. The van der Waals surface area contributed by atoms with E-state index in [4.69, 9.17) is 11.6 Å². The van der Waals surface area contributed by atoms with Crippen LogP contribution in [0, 0.1) is 0 Å². The second-order valence-electron chi connectivity index (χ2n) is 3.65. The maximum atomic E-state index is 6.15. The van der Waals surface area contributed by atoms with Crippen molar-refractivity contribution in [3.8, 4) is 0 Å². The lowest BCUT2D eigenvalue weighted by molar-refractivity contribution is 0.271. The van der Waals surface area contributed by atoms with Gasteiger partial charge in [-0.1, -0.05) is 49.5 Å². The predicted molar refractivity (Wildman–Crippen MR) is 73.9 cm³/mol. The van der Waals surface area contributed by atoms with Crippen LogP contribution in [0.1, 0.15) is 12.5 Å². The molecule has 0 saturated carbocycles. The Kier molecular flexibility index (Phi) is 5.61. The summed E-state index contributed by atoms with van der Waals surface area (Å²) in [5.41, 5.74) is 1.16. The van der Waals surface area contributed by atoms with Crippen molar-refractivity contribution in [2.75, 3.05) is 12.4 Å². The summed E-state index contributed by atoms with van der Waals surface area (Å²) >= 11 is 13.0. The van der Waals surface area contributed by atoms with Gasteiger partial charge >= 0.3 is 0 Å². The van der Waals surface area contributed by atoms with Crippen LogP contribution in [0.5, 0.6) is 0 Å². The summed E-state index contributed by atoms with van der Waals surface area (Å²) in [5.74, 6) is 0. The molecule has 0 aliphatic carbocycles. The highest BCUT2D eigenvalue weighted by Crippen LogP contribution is 2.22. The van der Waals surface area contributed by atoms with Crippen LogP contribution in [0.15, 0.2) is 22.7 Å². The quantitative estimate of drug-likeness (QED) is 0.727. The van der Waals surface area contributed by atoms with Crippen molar-refractivity contribution < 1.29 is 0 Å². The second kappa shape index (κ2) is 6.24. The molecule has 0 amide bonds. The Hall–Kier alpha value is 0.430. The lowest BCUT2D eigenvalue weighted by atomic mass is 10.2. The van der Waals surface area contributed by atoms with Crippen molar-refractivity contribution in [2.24, 2.45) is 0 Å². The Morgan fingerprint density at radius 3 is 2.67 bits per heavy atom. The first-order valence-electron chi connectivity index (χ1n) is 4.74. The molecule has 1 unspecified atom stereocenters. The van der Waals surface area contributed by atoms with Crippen molar-refractivity contribution >= 4 is 43.5 Å². The minimum absolute atomic E-state index is 0.504. The average Bonchev–Trinajstić information content (AvgIpc) is 2.20. The van der Waals surface area contributed by atoms with E-state index in [9.17, 15) is 0 Å². The molecule has 15 heavy (non-hydrogen) atoms. The molecule has 0 fully saturated rings.